The number of aromatic hydroxyl groups is 1. The summed E-state index contributed by atoms with van der Waals surface area (Å²) in [4.78, 5) is 11.9. The Kier molecular flexibility index (Phi) is 6.13. The van der Waals surface area contributed by atoms with Gasteiger partial charge < -0.3 is 5.11 Å². The summed E-state index contributed by atoms with van der Waals surface area (Å²) in [5, 5.41) is 9.56. The maximum atomic E-state index is 11.9. The van der Waals surface area contributed by atoms with E-state index in [1.54, 1.807) is 18.2 Å². The van der Waals surface area contributed by atoms with Crippen LogP contribution in [-0.2, 0) is 6.42 Å². The number of hydrogen-bond donors (Lipinski definition) is 1. The number of aryl methyl sites for hydroxylation is 1. The van der Waals surface area contributed by atoms with E-state index in [2.05, 4.69) is 0 Å². The number of para-hydroxylation sites is 1. The van der Waals surface area contributed by atoms with E-state index in [-0.39, 0.29) is 41.1 Å². The Bertz CT molecular complexity index is 509. The van der Waals surface area contributed by atoms with Gasteiger partial charge in [-0.2, -0.15) is 0 Å². The van der Waals surface area contributed by atoms with Gasteiger partial charge in [-0.3, -0.25) is 4.79 Å². The van der Waals surface area contributed by atoms with Gasteiger partial charge in [0.1, 0.15) is 5.75 Å². The molecule has 0 bridgehead atoms. The van der Waals surface area contributed by atoms with E-state index < -0.39 is 0 Å². The number of benzene rings is 2. The van der Waals surface area contributed by atoms with Crippen molar-refractivity contribution in [3.63, 3.8) is 0 Å². The Hall–Kier alpha value is -1.09. The van der Waals surface area contributed by atoms with Gasteiger partial charge in [-0.15, -0.1) is 0 Å². The molecule has 0 heterocycles. The SMILES string of the molecule is O=C(CCc1ccccc1)c1ccccc1O.[NaH]. The molecule has 88 valence electrons. The second kappa shape index (κ2) is 7.37. The van der Waals surface area contributed by atoms with E-state index >= 15 is 0 Å². The molecule has 2 aromatic carbocycles. The van der Waals surface area contributed by atoms with Crippen molar-refractivity contribution in [2.24, 2.45) is 0 Å². The molecule has 1 N–H and O–H groups in total. The number of carbonyl (C=O) groups excluding carboxylic acids is 1. The van der Waals surface area contributed by atoms with Crippen molar-refractivity contribution in [3.8, 4) is 5.75 Å². The summed E-state index contributed by atoms with van der Waals surface area (Å²) in [5.41, 5.74) is 1.54. The Morgan fingerprint density at radius 1 is 0.944 bits per heavy atom. The number of hydrogen-bond acceptors (Lipinski definition) is 2. The van der Waals surface area contributed by atoms with Gasteiger partial charge in [-0.05, 0) is 24.1 Å². The summed E-state index contributed by atoms with van der Waals surface area (Å²) in [6.07, 6.45) is 1.12. The zero-order valence-corrected chi connectivity index (χ0v) is 9.47. The van der Waals surface area contributed by atoms with Gasteiger partial charge >= 0.3 is 29.6 Å². The predicted molar refractivity (Wildman–Crippen MR) is 74.3 cm³/mol. The molecule has 2 rings (SSSR count). The van der Waals surface area contributed by atoms with Crippen molar-refractivity contribution in [1.29, 1.82) is 0 Å². The van der Waals surface area contributed by atoms with Crippen LogP contribution in [0.1, 0.15) is 22.3 Å². The molecule has 0 spiro atoms. The molecule has 2 aromatic rings. The first-order chi connectivity index (χ1) is 8.27. The summed E-state index contributed by atoms with van der Waals surface area (Å²) in [6.45, 7) is 0. The van der Waals surface area contributed by atoms with Crippen LogP contribution >= 0.6 is 0 Å². The molecular formula is C15H15NaO2. The third-order valence-corrected chi connectivity index (χ3v) is 2.69. The molecule has 0 unspecified atom stereocenters. The van der Waals surface area contributed by atoms with Gasteiger partial charge in [0.05, 0.1) is 5.56 Å². The molecule has 0 aromatic heterocycles. The van der Waals surface area contributed by atoms with Crippen LogP contribution < -0.4 is 0 Å². The number of carbonyl (C=O) groups is 1. The zero-order chi connectivity index (χ0) is 12.1. The topological polar surface area (TPSA) is 37.3 Å². The molecule has 0 atom stereocenters. The van der Waals surface area contributed by atoms with Crippen LogP contribution in [0.15, 0.2) is 54.6 Å². The molecule has 2 nitrogen and oxygen atoms in total. The summed E-state index contributed by atoms with van der Waals surface area (Å²) in [6, 6.07) is 16.5. The van der Waals surface area contributed by atoms with Gasteiger partial charge in [0.2, 0.25) is 0 Å². The maximum absolute atomic E-state index is 11.9. The molecule has 0 aliphatic rings. The van der Waals surface area contributed by atoms with E-state index in [0.717, 1.165) is 5.56 Å². The van der Waals surface area contributed by atoms with Gasteiger partial charge in [-0.1, -0.05) is 42.5 Å². The summed E-state index contributed by atoms with van der Waals surface area (Å²) in [7, 11) is 0. The summed E-state index contributed by atoms with van der Waals surface area (Å²) < 4.78 is 0. The van der Waals surface area contributed by atoms with Crippen molar-refractivity contribution in [2.75, 3.05) is 0 Å². The minimum absolute atomic E-state index is 0. The molecule has 0 saturated carbocycles. The zero-order valence-electron chi connectivity index (χ0n) is 9.47. The number of rotatable bonds is 4. The summed E-state index contributed by atoms with van der Waals surface area (Å²) >= 11 is 0. The minimum atomic E-state index is -0.0213. The Balaban J connectivity index is 0.00000162. The number of phenols is 1. The van der Waals surface area contributed by atoms with Crippen LogP contribution in [0, 0.1) is 0 Å². The third-order valence-electron chi connectivity index (χ3n) is 2.69. The van der Waals surface area contributed by atoms with E-state index in [4.69, 9.17) is 0 Å². The molecule has 3 heteroatoms. The normalized spacial score (nSPS) is 9.56. The number of phenolic OH excluding ortho intramolecular Hbond substituents is 1. The van der Waals surface area contributed by atoms with Crippen LogP contribution in [0.25, 0.3) is 0 Å². The number of Topliss-reactive ketones (excluding diaryl/α,β-unsaturated/α-hetero) is 1. The predicted octanol–water partition coefficient (Wildman–Crippen LogP) is 2.56. The van der Waals surface area contributed by atoms with Crippen LogP contribution in [0.5, 0.6) is 5.75 Å². The standard InChI is InChI=1S/C15H14O2.Na.H/c16-14-9-5-4-8-13(14)15(17)11-10-12-6-2-1-3-7-12;;/h1-9,16H,10-11H2;;. The van der Waals surface area contributed by atoms with Gasteiger partial charge in [0, 0.05) is 6.42 Å². The van der Waals surface area contributed by atoms with Crippen LogP contribution in [0.3, 0.4) is 0 Å². The Labute approximate surface area is 129 Å². The average Bonchev–Trinajstić information content (AvgIpc) is 2.38. The van der Waals surface area contributed by atoms with Crippen LogP contribution in [0.2, 0.25) is 0 Å². The molecule has 0 fully saturated rings. The van der Waals surface area contributed by atoms with E-state index in [1.807, 2.05) is 30.3 Å². The Morgan fingerprint density at radius 2 is 1.56 bits per heavy atom. The molecular weight excluding hydrogens is 235 g/mol. The van der Waals surface area contributed by atoms with Crippen LogP contribution in [0.4, 0.5) is 0 Å². The first-order valence-corrected chi connectivity index (χ1v) is 5.62. The average molecular weight is 250 g/mol. The fourth-order valence-electron chi connectivity index (χ4n) is 1.75. The first-order valence-electron chi connectivity index (χ1n) is 5.62. The molecule has 18 heavy (non-hydrogen) atoms. The second-order valence-electron chi connectivity index (χ2n) is 3.93. The fraction of sp³-hybridized carbons (Fsp3) is 0.133. The van der Waals surface area contributed by atoms with Crippen LogP contribution in [-0.4, -0.2) is 40.4 Å². The van der Waals surface area contributed by atoms with Crippen molar-refractivity contribution in [3.05, 3.63) is 65.7 Å². The van der Waals surface area contributed by atoms with Gasteiger partial charge in [-0.25, -0.2) is 0 Å². The molecule has 0 aliphatic carbocycles. The molecule has 0 saturated heterocycles. The quantitative estimate of drug-likeness (QED) is 0.669. The monoisotopic (exact) mass is 250 g/mol. The summed E-state index contributed by atoms with van der Waals surface area (Å²) in [5.74, 6) is 0.0394. The van der Waals surface area contributed by atoms with E-state index in [1.165, 1.54) is 6.07 Å². The van der Waals surface area contributed by atoms with Crippen molar-refractivity contribution in [2.45, 2.75) is 12.8 Å². The molecule has 0 radical (unpaired) electrons. The van der Waals surface area contributed by atoms with Gasteiger partial charge in [0.25, 0.3) is 0 Å². The van der Waals surface area contributed by atoms with Crippen molar-refractivity contribution >= 4 is 35.3 Å². The van der Waals surface area contributed by atoms with Crippen molar-refractivity contribution in [1.82, 2.24) is 0 Å². The van der Waals surface area contributed by atoms with E-state index in [9.17, 15) is 9.90 Å². The van der Waals surface area contributed by atoms with Gasteiger partial charge in [0.15, 0.2) is 5.78 Å². The fourth-order valence-corrected chi connectivity index (χ4v) is 1.75. The van der Waals surface area contributed by atoms with Crippen molar-refractivity contribution < 1.29 is 9.90 Å². The second-order valence-corrected chi connectivity index (χ2v) is 3.93. The molecule has 0 aliphatic heterocycles. The molecule has 0 amide bonds. The van der Waals surface area contributed by atoms with E-state index in [0.29, 0.717) is 18.4 Å². The third kappa shape index (κ3) is 3.98. The first kappa shape index (κ1) is 15.0. The number of ketones is 1. The Morgan fingerprint density at radius 3 is 2.22 bits per heavy atom.